The van der Waals surface area contributed by atoms with Gasteiger partial charge in [0.05, 0.1) is 13.7 Å². The molecular formula is C20H24N2O4. The number of pyridine rings is 1. The molecule has 2 atom stereocenters. The van der Waals surface area contributed by atoms with Crippen molar-refractivity contribution in [2.45, 2.75) is 18.8 Å². The lowest BCUT2D eigenvalue weighted by atomic mass is 9.98. The number of hydrogen-bond donors (Lipinski definition) is 2. The summed E-state index contributed by atoms with van der Waals surface area (Å²) in [5, 5.41) is 21.1. The second-order valence-electron chi connectivity index (χ2n) is 6.69. The third kappa shape index (κ3) is 3.44. The lowest BCUT2D eigenvalue weighted by molar-refractivity contribution is 0.0931. The highest BCUT2D eigenvalue weighted by molar-refractivity contribution is 5.49. The Morgan fingerprint density at radius 1 is 1.38 bits per heavy atom. The Hall–Kier alpha value is -2.41. The van der Waals surface area contributed by atoms with E-state index in [1.54, 1.807) is 13.3 Å². The van der Waals surface area contributed by atoms with Crippen LogP contribution in [0, 0.1) is 0 Å². The first-order chi connectivity index (χ1) is 12.4. The largest absolute Gasteiger partial charge is 0.506 e. The van der Waals surface area contributed by atoms with Gasteiger partial charge in [0.1, 0.15) is 29.4 Å². The van der Waals surface area contributed by atoms with E-state index in [9.17, 15) is 10.2 Å². The van der Waals surface area contributed by atoms with Gasteiger partial charge in [0.15, 0.2) is 0 Å². The minimum Gasteiger partial charge on any atom is -0.506 e. The van der Waals surface area contributed by atoms with Crippen molar-refractivity contribution in [2.24, 2.45) is 0 Å². The molecule has 2 N–H and O–H groups in total. The van der Waals surface area contributed by atoms with E-state index in [1.165, 1.54) is 0 Å². The van der Waals surface area contributed by atoms with Gasteiger partial charge in [0.25, 0.3) is 0 Å². The van der Waals surface area contributed by atoms with Crippen LogP contribution in [-0.4, -0.2) is 47.8 Å². The van der Waals surface area contributed by atoms with E-state index in [0.717, 1.165) is 16.9 Å². The molecule has 0 amide bonds. The van der Waals surface area contributed by atoms with Crippen molar-refractivity contribution < 1.29 is 19.7 Å². The molecule has 1 aliphatic rings. The lowest BCUT2D eigenvalue weighted by Gasteiger charge is -2.19. The van der Waals surface area contributed by atoms with Gasteiger partial charge < -0.3 is 24.6 Å². The number of aromatic hydroxyl groups is 1. The van der Waals surface area contributed by atoms with Crippen molar-refractivity contribution >= 4 is 0 Å². The van der Waals surface area contributed by atoms with Crippen molar-refractivity contribution in [2.75, 3.05) is 27.7 Å². The standard InChI is InChI=1S/C20H24N2O4/c1-12(10-22(2)3)18(23)17-19(24)16-11-26-20(15(16)9-21-17)13-5-7-14(25-4)8-6-13/h5-9,18,20,23-24H,1,10-11H2,2-4H3. The molecule has 0 saturated heterocycles. The maximum Gasteiger partial charge on any atom is 0.146 e. The quantitative estimate of drug-likeness (QED) is 0.775. The van der Waals surface area contributed by atoms with E-state index in [-0.39, 0.29) is 24.2 Å². The van der Waals surface area contributed by atoms with Crippen LogP contribution in [0.1, 0.15) is 34.6 Å². The molecule has 0 fully saturated rings. The molecule has 6 nitrogen and oxygen atoms in total. The Kier molecular flexibility index (Phi) is 5.27. The number of aliphatic hydroxyl groups is 1. The van der Waals surface area contributed by atoms with Gasteiger partial charge in [-0.3, -0.25) is 4.98 Å². The maximum absolute atomic E-state index is 10.6. The van der Waals surface area contributed by atoms with Gasteiger partial charge in [-0.1, -0.05) is 18.7 Å². The fourth-order valence-corrected chi connectivity index (χ4v) is 3.14. The lowest BCUT2D eigenvalue weighted by Crippen LogP contribution is -2.19. The molecule has 1 aliphatic heterocycles. The summed E-state index contributed by atoms with van der Waals surface area (Å²) in [5.41, 5.74) is 3.21. The Bertz CT molecular complexity index is 802. The maximum atomic E-state index is 10.6. The normalized spacial score (nSPS) is 17.2. The second kappa shape index (κ2) is 7.45. The summed E-state index contributed by atoms with van der Waals surface area (Å²) in [6.45, 7) is 4.67. The van der Waals surface area contributed by atoms with Gasteiger partial charge in [0.2, 0.25) is 0 Å². The number of methoxy groups -OCH3 is 1. The molecule has 2 aromatic rings. The molecule has 2 unspecified atom stereocenters. The van der Waals surface area contributed by atoms with Crippen molar-refractivity contribution in [1.29, 1.82) is 0 Å². The summed E-state index contributed by atoms with van der Waals surface area (Å²) >= 11 is 0. The van der Waals surface area contributed by atoms with Crippen LogP contribution in [0.3, 0.4) is 0 Å². The Balaban J connectivity index is 1.89. The number of aromatic nitrogens is 1. The highest BCUT2D eigenvalue weighted by Crippen LogP contribution is 2.42. The predicted molar refractivity (Wildman–Crippen MR) is 98.2 cm³/mol. The van der Waals surface area contributed by atoms with E-state index in [1.807, 2.05) is 43.3 Å². The molecule has 2 heterocycles. The van der Waals surface area contributed by atoms with Crippen molar-refractivity contribution in [3.05, 3.63) is 65.0 Å². The minimum atomic E-state index is -1.03. The number of rotatable bonds is 6. The minimum absolute atomic E-state index is 0.0223. The van der Waals surface area contributed by atoms with Crippen LogP contribution in [-0.2, 0) is 11.3 Å². The monoisotopic (exact) mass is 356 g/mol. The van der Waals surface area contributed by atoms with Crippen LogP contribution in [0.2, 0.25) is 0 Å². The number of hydrogen-bond acceptors (Lipinski definition) is 6. The topological polar surface area (TPSA) is 75.1 Å². The fraction of sp³-hybridized carbons (Fsp3) is 0.350. The van der Waals surface area contributed by atoms with Crippen molar-refractivity contribution in [3.63, 3.8) is 0 Å². The number of fused-ring (bicyclic) bond motifs is 1. The van der Waals surface area contributed by atoms with Gasteiger partial charge in [-0.15, -0.1) is 0 Å². The predicted octanol–water partition coefficient (Wildman–Crippen LogP) is 2.57. The average molecular weight is 356 g/mol. The van der Waals surface area contributed by atoms with Crippen LogP contribution in [0.15, 0.2) is 42.6 Å². The van der Waals surface area contributed by atoms with Crippen LogP contribution in [0.5, 0.6) is 11.5 Å². The molecular weight excluding hydrogens is 332 g/mol. The molecule has 26 heavy (non-hydrogen) atoms. The third-order valence-corrected chi connectivity index (χ3v) is 4.48. The number of benzene rings is 1. The Morgan fingerprint density at radius 2 is 2.08 bits per heavy atom. The van der Waals surface area contributed by atoms with Gasteiger partial charge >= 0.3 is 0 Å². The summed E-state index contributed by atoms with van der Waals surface area (Å²) in [4.78, 5) is 6.21. The molecule has 0 saturated carbocycles. The molecule has 0 bridgehead atoms. The van der Waals surface area contributed by atoms with E-state index in [2.05, 4.69) is 11.6 Å². The number of aliphatic hydroxyl groups excluding tert-OH is 1. The van der Waals surface area contributed by atoms with Crippen LogP contribution in [0.25, 0.3) is 0 Å². The second-order valence-corrected chi connectivity index (χ2v) is 6.69. The number of ether oxygens (including phenoxy) is 2. The van der Waals surface area contributed by atoms with Crippen LogP contribution >= 0.6 is 0 Å². The van der Waals surface area contributed by atoms with E-state index < -0.39 is 6.10 Å². The van der Waals surface area contributed by atoms with Crippen molar-refractivity contribution in [1.82, 2.24) is 9.88 Å². The van der Waals surface area contributed by atoms with Crippen LogP contribution in [0.4, 0.5) is 0 Å². The van der Waals surface area contributed by atoms with E-state index >= 15 is 0 Å². The number of likely N-dealkylation sites (N-methyl/N-ethyl adjacent to an activating group) is 1. The summed E-state index contributed by atoms with van der Waals surface area (Å²) in [7, 11) is 5.40. The van der Waals surface area contributed by atoms with Gasteiger partial charge in [0, 0.05) is 23.9 Å². The molecule has 0 aliphatic carbocycles. The zero-order chi connectivity index (χ0) is 18.8. The average Bonchev–Trinajstić information content (AvgIpc) is 3.06. The van der Waals surface area contributed by atoms with E-state index in [4.69, 9.17) is 9.47 Å². The zero-order valence-corrected chi connectivity index (χ0v) is 15.3. The SMILES string of the molecule is C=C(CN(C)C)C(O)c1ncc2c(c1O)COC2c1ccc(OC)cc1. The highest BCUT2D eigenvalue weighted by atomic mass is 16.5. The smallest absolute Gasteiger partial charge is 0.146 e. The molecule has 3 rings (SSSR count). The van der Waals surface area contributed by atoms with E-state index in [0.29, 0.717) is 17.7 Å². The first kappa shape index (κ1) is 18.4. The Morgan fingerprint density at radius 3 is 2.69 bits per heavy atom. The summed E-state index contributed by atoms with van der Waals surface area (Å²) in [5.74, 6) is 0.747. The van der Waals surface area contributed by atoms with Gasteiger partial charge in [-0.05, 0) is 37.4 Å². The molecule has 6 heteroatoms. The zero-order valence-electron chi connectivity index (χ0n) is 15.3. The molecule has 0 spiro atoms. The number of nitrogens with zero attached hydrogens (tertiary/aromatic N) is 2. The fourth-order valence-electron chi connectivity index (χ4n) is 3.14. The Labute approximate surface area is 153 Å². The van der Waals surface area contributed by atoms with Gasteiger partial charge in [-0.25, -0.2) is 0 Å². The summed E-state index contributed by atoms with van der Waals surface area (Å²) in [6, 6.07) is 7.59. The summed E-state index contributed by atoms with van der Waals surface area (Å²) in [6.07, 6.45) is 0.339. The third-order valence-electron chi connectivity index (χ3n) is 4.48. The van der Waals surface area contributed by atoms with Crippen molar-refractivity contribution in [3.8, 4) is 11.5 Å². The highest BCUT2D eigenvalue weighted by Gasteiger charge is 2.31. The molecule has 138 valence electrons. The molecule has 0 radical (unpaired) electrons. The first-order valence-electron chi connectivity index (χ1n) is 8.39. The summed E-state index contributed by atoms with van der Waals surface area (Å²) < 4.78 is 11.1. The van der Waals surface area contributed by atoms with Gasteiger partial charge in [-0.2, -0.15) is 0 Å². The first-order valence-corrected chi connectivity index (χ1v) is 8.39. The molecule has 1 aromatic heterocycles. The van der Waals surface area contributed by atoms with Crippen LogP contribution < -0.4 is 4.74 Å². The molecule has 1 aromatic carbocycles.